The zero-order valence-electron chi connectivity index (χ0n) is 14.5. The van der Waals surface area contributed by atoms with Crippen molar-refractivity contribution in [1.29, 1.82) is 0 Å². The average molecular weight is 328 g/mol. The van der Waals surface area contributed by atoms with Gasteiger partial charge in [0.05, 0.1) is 5.69 Å². The van der Waals surface area contributed by atoms with E-state index in [0.717, 1.165) is 49.6 Å². The van der Waals surface area contributed by atoms with E-state index in [0.29, 0.717) is 5.76 Å². The van der Waals surface area contributed by atoms with Crippen LogP contribution < -0.4 is 4.90 Å². The minimum atomic E-state index is -0.105. The second kappa shape index (κ2) is 7.03. The third-order valence-electron chi connectivity index (χ3n) is 4.59. The molecule has 2 aromatic rings. The molecule has 0 aliphatic carbocycles. The van der Waals surface area contributed by atoms with E-state index in [9.17, 15) is 4.79 Å². The predicted molar refractivity (Wildman–Crippen MR) is 92.2 cm³/mol. The van der Waals surface area contributed by atoms with Crippen LogP contribution in [0.2, 0.25) is 0 Å². The third kappa shape index (κ3) is 3.42. The van der Waals surface area contributed by atoms with Gasteiger partial charge in [0.25, 0.3) is 5.91 Å². The first kappa shape index (κ1) is 16.5. The van der Waals surface area contributed by atoms with E-state index >= 15 is 0 Å². The van der Waals surface area contributed by atoms with Crippen molar-refractivity contribution in [1.82, 2.24) is 15.0 Å². The summed E-state index contributed by atoms with van der Waals surface area (Å²) in [7, 11) is 1.84. The van der Waals surface area contributed by atoms with Gasteiger partial charge < -0.3 is 14.3 Å². The predicted octanol–water partition coefficient (Wildman–Crippen LogP) is 2.68. The molecule has 0 saturated carbocycles. The van der Waals surface area contributed by atoms with Crippen molar-refractivity contribution >= 4 is 11.7 Å². The Morgan fingerprint density at radius 2 is 2.29 bits per heavy atom. The van der Waals surface area contributed by atoms with Gasteiger partial charge in [-0.05, 0) is 38.3 Å². The first-order chi connectivity index (χ1) is 11.6. The van der Waals surface area contributed by atoms with Crippen LogP contribution in [-0.2, 0) is 6.42 Å². The van der Waals surface area contributed by atoms with E-state index in [-0.39, 0.29) is 11.9 Å². The van der Waals surface area contributed by atoms with Crippen LogP contribution in [0.3, 0.4) is 0 Å². The van der Waals surface area contributed by atoms with Gasteiger partial charge in [-0.1, -0.05) is 18.1 Å². The highest BCUT2D eigenvalue weighted by molar-refractivity contribution is 5.91. The van der Waals surface area contributed by atoms with Crippen molar-refractivity contribution in [2.24, 2.45) is 0 Å². The number of rotatable bonds is 4. The summed E-state index contributed by atoms with van der Waals surface area (Å²) >= 11 is 0. The SMILES string of the molecule is CCc1cc(C(=O)N(C)[C@H]2CCCN(c3cccc(C)n3)C2)on1. The maximum Gasteiger partial charge on any atom is 0.292 e. The smallest absolute Gasteiger partial charge is 0.292 e. The molecule has 6 heteroatoms. The Morgan fingerprint density at radius 3 is 3.00 bits per heavy atom. The molecule has 0 unspecified atom stereocenters. The summed E-state index contributed by atoms with van der Waals surface area (Å²) in [5.41, 5.74) is 1.81. The number of nitrogens with zero attached hydrogens (tertiary/aromatic N) is 4. The molecule has 1 atom stereocenters. The second-order valence-corrected chi connectivity index (χ2v) is 6.33. The van der Waals surface area contributed by atoms with Gasteiger partial charge in [-0.25, -0.2) is 4.98 Å². The summed E-state index contributed by atoms with van der Waals surface area (Å²) in [5, 5.41) is 3.91. The number of pyridine rings is 1. The van der Waals surface area contributed by atoms with Crippen LogP contribution >= 0.6 is 0 Å². The van der Waals surface area contributed by atoms with E-state index in [1.165, 1.54) is 0 Å². The quantitative estimate of drug-likeness (QED) is 0.863. The Labute approximate surface area is 142 Å². The van der Waals surface area contributed by atoms with Gasteiger partial charge in [0.2, 0.25) is 5.76 Å². The van der Waals surface area contributed by atoms with Crippen molar-refractivity contribution in [3.63, 3.8) is 0 Å². The molecule has 1 saturated heterocycles. The number of amides is 1. The zero-order chi connectivity index (χ0) is 17.1. The fourth-order valence-electron chi connectivity index (χ4n) is 3.10. The Morgan fingerprint density at radius 1 is 1.46 bits per heavy atom. The summed E-state index contributed by atoms with van der Waals surface area (Å²) in [6.45, 7) is 5.74. The minimum absolute atomic E-state index is 0.105. The fourth-order valence-corrected chi connectivity index (χ4v) is 3.10. The molecule has 1 amide bonds. The highest BCUT2D eigenvalue weighted by Gasteiger charge is 2.29. The van der Waals surface area contributed by atoms with E-state index in [4.69, 9.17) is 4.52 Å². The number of anilines is 1. The number of hydrogen-bond acceptors (Lipinski definition) is 5. The molecule has 2 aromatic heterocycles. The number of hydrogen-bond donors (Lipinski definition) is 0. The van der Waals surface area contributed by atoms with Crippen molar-refractivity contribution < 1.29 is 9.32 Å². The molecule has 0 aromatic carbocycles. The topological polar surface area (TPSA) is 62.5 Å². The van der Waals surface area contributed by atoms with Crippen LogP contribution in [0.4, 0.5) is 5.82 Å². The van der Waals surface area contributed by atoms with Gasteiger partial charge in [0.15, 0.2) is 0 Å². The van der Waals surface area contributed by atoms with Gasteiger partial charge in [-0.3, -0.25) is 4.79 Å². The van der Waals surface area contributed by atoms with Crippen LogP contribution in [0.5, 0.6) is 0 Å². The zero-order valence-corrected chi connectivity index (χ0v) is 14.5. The molecule has 0 radical (unpaired) electrons. The molecular formula is C18H24N4O2. The lowest BCUT2D eigenvalue weighted by atomic mass is 10.0. The van der Waals surface area contributed by atoms with E-state index in [2.05, 4.69) is 15.0 Å². The highest BCUT2D eigenvalue weighted by atomic mass is 16.5. The number of likely N-dealkylation sites (N-methyl/N-ethyl adjacent to an activating group) is 1. The van der Waals surface area contributed by atoms with Crippen molar-refractivity contribution in [3.05, 3.63) is 41.4 Å². The first-order valence-corrected chi connectivity index (χ1v) is 8.50. The normalized spacial score (nSPS) is 17.8. The lowest BCUT2D eigenvalue weighted by Gasteiger charge is -2.38. The highest BCUT2D eigenvalue weighted by Crippen LogP contribution is 2.22. The number of piperidine rings is 1. The summed E-state index contributed by atoms with van der Waals surface area (Å²) in [6, 6.07) is 7.93. The largest absolute Gasteiger partial charge is 0.355 e. The van der Waals surface area contributed by atoms with Gasteiger partial charge in [0.1, 0.15) is 5.82 Å². The van der Waals surface area contributed by atoms with Gasteiger partial charge in [-0.15, -0.1) is 0 Å². The van der Waals surface area contributed by atoms with E-state index in [1.807, 2.05) is 39.1 Å². The molecule has 3 rings (SSSR count). The summed E-state index contributed by atoms with van der Waals surface area (Å²) < 4.78 is 5.19. The third-order valence-corrected chi connectivity index (χ3v) is 4.59. The molecule has 1 aliphatic heterocycles. The van der Waals surface area contributed by atoms with Crippen LogP contribution in [0.15, 0.2) is 28.8 Å². The molecule has 0 spiro atoms. The Balaban J connectivity index is 1.70. The monoisotopic (exact) mass is 328 g/mol. The van der Waals surface area contributed by atoms with Crippen molar-refractivity contribution in [2.45, 2.75) is 39.2 Å². The number of aryl methyl sites for hydroxylation is 2. The molecule has 1 fully saturated rings. The fraction of sp³-hybridized carbons (Fsp3) is 0.500. The Bertz CT molecular complexity index is 713. The minimum Gasteiger partial charge on any atom is -0.355 e. The van der Waals surface area contributed by atoms with Crippen LogP contribution in [0.1, 0.15) is 41.7 Å². The molecule has 128 valence electrons. The number of carbonyl (C=O) groups is 1. The summed E-state index contributed by atoms with van der Waals surface area (Å²) in [4.78, 5) is 21.3. The summed E-state index contributed by atoms with van der Waals surface area (Å²) in [5.74, 6) is 1.19. The first-order valence-electron chi connectivity index (χ1n) is 8.50. The van der Waals surface area contributed by atoms with Crippen LogP contribution in [0.25, 0.3) is 0 Å². The van der Waals surface area contributed by atoms with Gasteiger partial charge in [-0.2, -0.15) is 0 Å². The van der Waals surface area contributed by atoms with E-state index < -0.39 is 0 Å². The molecule has 3 heterocycles. The lowest BCUT2D eigenvalue weighted by Crippen LogP contribution is -2.48. The molecule has 24 heavy (non-hydrogen) atoms. The molecule has 6 nitrogen and oxygen atoms in total. The van der Waals surface area contributed by atoms with Gasteiger partial charge in [0, 0.05) is 37.9 Å². The maximum atomic E-state index is 12.6. The number of carbonyl (C=O) groups excluding carboxylic acids is 1. The van der Waals surface area contributed by atoms with E-state index in [1.54, 1.807) is 11.0 Å². The molecule has 0 N–H and O–H groups in total. The summed E-state index contributed by atoms with van der Waals surface area (Å²) in [6.07, 6.45) is 2.78. The Hall–Kier alpha value is -2.37. The Kier molecular flexibility index (Phi) is 4.83. The second-order valence-electron chi connectivity index (χ2n) is 6.33. The molecule has 0 bridgehead atoms. The maximum absolute atomic E-state index is 12.6. The lowest BCUT2D eigenvalue weighted by molar-refractivity contribution is 0.0675. The molecular weight excluding hydrogens is 304 g/mol. The van der Waals surface area contributed by atoms with Crippen LogP contribution in [0, 0.1) is 6.92 Å². The average Bonchev–Trinajstić information content (AvgIpc) is 3.10. The van der Waals surface area contributed by atoms with Crippen molar-refractivity contribution in [2.75, 3.05) is 25.0 Å². The number of aromatic nitrogens is 2. The van der Waals surface area contributed by atoms with Crippen molar-refractivity contribution in [3.8, 4) is 0 Å². The van der Waals surface area contributed by atoms with Crippen LogP contribution in [-0.4, -0.2) is 47.1 Å². The van der Waals surface area contributed by atoms with Gasteiger partial charge >= 0.3 is 0 Å². The standard InChI is InChI=1S/C18H24N4O2/c1-4-14-11-16(24-20-14)18(23)21(3)15-8-6-10-22(12-15)17-9-5-7-13(2)19-17/h5,7,9,11,15H,4,6,8,10,12H2,1-3H3/t15-/m0/s1. The molecule has 1 aliphatic rings.